The standard InChI is InChI=1S/C15H25N3O4S2/c19-14(13-17-7-9-22-10-8-17)12-16-3-5-18(6-4-16)24(20,21)15-2-1-11-23-15/h1-2,11,14,19H,3-10,12-13H2/t14-/m0/s1. The summed E-state index contributed by atoms with van der Waals surface area (Å²) in [6.45, 7) is 6.69. The largest absolute Gasteiger partial charge is 0.390 e. The Morgan fingerprint density at radius 2 is 1.71 bits per heavy atom. The number of aliphatic hydroxyl groups excluding tert-OH is 1. The molecule has 0 bridgehead atoms. The van der Waals surface area contributed by atoms with Gasteiger partial charge in [-0.25, -0.2) is 8.42 Å². The molecule has 2 saturated heterocycles. The van der Waals surface area contributed by atoms with E-state index < -0.39 is 16.1 Å². The van der Waals surface area contributed by atoms with Crippen LogP contribution in [0.15, 0.2) is 21.7 Å². The highest BCUT2D eigenvalue weighted by Crippen LogP contribution is 2.22. The fourth-order valence-electron chi connectivity index (χ4n) is 3.13. The van der Waals surface area contributed by atoms with Gasteiger partial charge in [0.25, 0.3) is 10.0 Å². The Balaban J connectivity index is 1.45. The van der Waals surface area contributed by atoms with Gasteiger partial charge in [-0.1, -0.05) is 6.07 Å². The molecule has 0 unspecified atom stereocenters. The molecule has 3 heterocycles. The maximum Gasteiger partial charge on any atom is 0.252 e. The number of hydrogen-bond donors (Lipinski definition) is 1. The highest BCUT2D eigenvalue weighted by atomic mass is 32.2. The average Bonchev–Trinajstić information content (AvgIpc) is 3.11. The van der Waals surface area contributed by atoms with Crippen LogP contribution < -0.4 is 0 Å². The van der Waals surface area contributed by atoms with Gasteiger partial charge in [0.05, 0.1) is 19.3 Å². The van der Waals surface area contributed by atoms with Crippen LogP contribution >= 0.6 is 11.3 Å². The Hall–Kier alpha value is -0.550. The predicted octanol–water partition coefficient (Wildman–Crippen LogP) is -0.252. The molecular formula is C15H25N3O4S2. The lowest BCUT2D eigenvalue weighted by atomic mass is 10.2. The second kappa shape index (κ2) is 8.22. The first-order valence-corrected chi connectivity index (χ1v) is 10.6. The topological polar surface area (TPSA) is 73.3 Å². The van der Waals surface area contributed by atoms with Crippen molar-refractivity contribution < 1.29 is 18.3 Å². The molecule has 1 aromatic rings. The van der Waals surface area contributed by atoms with Crippen LogP contribution in [0.4, 0.5) is 0 Å². The van der Waals surface area contributed by atoms with Gasteiger partial charge in [0.15, 0.2) is 0 Å². The van der Waals surface area contributed by atoms with E-state index in [1.54, 1.807) is 21.8 Å². The molecule has 0 saturated carbocycles. The molecule has 2 aliphatic rings. The Kier molecular flexibility index (Phi) is 6.25. The summed E-state index contributed by atoms with van der Waals surface area (Å²) in [5.41, 5.74) is 0. The summed E-state index contributed by atoms with van der Waals surface area (Å²) in [4.78, 5) is 4.36. The van der Waals surface area contributed by atoms with Crippen molar-refractivity contribution in [3.8, 4) is 0 Å². The van der Waals surface area contributed by atoms with E-state index in [1.807, 2.05) is 0 Å². The van der Waals surface area contributed by atoms with Crippen LogP contribution in [0.25, 0.3) is 0 Å². The molecule has 0 aromatic carbocycles. The maximum atomic E-state index is 12.5. The SMILES string of the molecule is O=S(=O)(c1cccs1)N1CCN(C[C@H](O)CN2CCOCC2)CC1. The molecule has 1 aromatic heterocycles. The summed E-state index contributed by atoms with van der Waals surface area (Å²) in [5.74, 6) is 0. The van der Waals surface area contributed by atoms with E-state index in [1.165, 1.54) is 11.3 Å². The second-order valence-corrected chi connectivity index (χ2v) is 9.32. The third kappa shape index (κ3) is 4.54. The molecule has 7 nitrogen and oxygen atoms in total. The van der Waals surface area contributed by atoms with Crippen molar-refractivity contribution >= 4 is 21.4 Å². The van der Waals surface area contributed by atoms with Crippen molar-refractivity contribution in [1.82, 2.24) is 14.1 Å². The first-order valence-electron chi connectivity index (χ1n) is 8.30. The normalized spacial score (nSPS) is 23.4. The number of hydrogen-bond acceptors (Lipinski definition) is 7. The third-order valence-corrected chi connectivity index (χ3v) is 7.73. The summed E-state index contributed by atoms with van der Waals surface area (Å²) in [6, 6.07) is 3.41. The van der Waals surface area contributed by atoms with Gasteiger partial charge in [-0.05, 0) is 11.4 Å². The van der Waals surface area contributed by atoms with Crippen molar-refractivity contribution in [2.24, 2.45) is 0 Å². The number of ether oxygens (including phenoxy) is 1. The summed E-state index contributed by atoms with van der Waals surface area (Å²) in [5, 5.41) is 12.1. The van der Waals surface area contributed by atoms with E-state index in [9.17, 15) is 13.5 Å². The number of sulfonamides is 1. The second-order valence-electron chi connectivity index (χ2n) is 6.20. The number of nitrogens with zero attached hydrogens (tertiary/aromatic N) is 3. The Morgan fingerprint density at radius 3 is 2.29 bits per heavy atom. The van der Waals surface area contributed by atoms with E-state index in [-0.39, 0.29) is 0 Å². The van der Waals surface area contributed by atoms with E-state index in [0.717, 1.165) is 26.3 Å². The zero-order valence-corrected chi connectivity index (χ0v) is 15.3. The quantitative estimate of drug-likeness (QED) is 0.739. The Labute approximate surface area is 147 Å². The van der Waals surface area contributed by atoms with Crippen LogP contribution in [0.1, 0.15) is 0 Å². The van der Waals surface area contributed by atoms with Gasteiger partial charge in [-0.2, -0.15) is 4.31 Å². The molecule has 3 rings (SSSR count). The fourth-order valence-corrected chi connectivity index (χ4v) is 5.69. The van der Waals surface area contributed by atoms with Crippen LogP contribution in [0, 0.1) is 0 Å². The molecule has 0 radical (unpaired) electrons. The van der Waals surface area contributed by atoms with Crippen molar-refractivity contribution in [3.63, 3.8) is 0 Å². The van der Waals surface area contributed by atoms with Crippen LogP contribution in [-0.4, -0.2) is 99.3 Å². The minimum absolute atomic E-state index is 0.406. The van der Waals surface area contributed by atoms with Crippen molar-refractivity contribution in [3.05, 3.63) is 17.5 Å². The lowest BCUT2D eigenvalue weighted by Crippen LogP contribution is -2.51. The molecule has 24 heavy (non-hydrogen) atoms. The number of rotatable bonds is 6. The molecule has 1 atom stereocenters. The van der Waals surface area contributed by atoms with Gasteiger partial charge in [-0.3, -0.25) is 9.80 Å². The molecular weight excluding hydrogens is 350 g/mol. The van der Waals surface area contributed by atoms with Crippen LogP contribution in [0.3, 0.4) is 0 Å². The zero-order valence-electron chi connectivity index (χ0n) is 13.7. The van der Waals surface area contributed by atoms with Crippen LogP contribution in [0.5, 0.6) is 0 Å². The number of β-amino-alcohol motifs (C(OH)–C–C–N with tert-alkyl or cyclic N) is 1. The van der Waals surface area contributed by atoms with Gasteiger partial charge < -0.3 is 9.84 Å². The maximum absolute atomic E-state index is 12.5. The lowest BCUT2D eigenvalue weighted by Gasteiger charge is -2.36. The highest BCUT2D eigenvalue weighted by molar-refractivity contribution is 7.91. The van der Waals surface area contributed by atoms with E-state index >= 15 is 0 Å². The number of aliphatic hydroxyl groups is 1. The number of piperazine rings is 1. The Bertz CT molecular complexity index is 594. The summed E-state index contributed by atoms with van der Waals surface area (Å²) < 4.78 is 32.2. The first kappa shape index (κ1) is 18.2. The van der Waals surface area contributed by atoms with E-state index in [2.05, 4.69) is 9.80 Å². The molecule has 0 spiro atoms. The number of morpholine rings is 1. The molecule has 136 valence electrons. The monoisotopic (exact) mass is 375 g/mol. The van der Waals surface area contributed by atoms with Crippen molar-refractivity contribution in [2.75, 3.05) is 65.6 Å². The third-order valence-electron chi connectivity index (χ3n) is 4.46. The van der Waals surface area contributed by atoms with Crippen LogP contribution in [0.2, 0.25) is 0 Å². The molecule has 0 amide bonds. The summed E-state index contributed by atoms with van der Waals surface area (Å²) in [7, 11) is -3.35. The van der Waals surface area contributed by atoms with Gasteiger partial charge >= 0.3 is 0 Å². The van der Waals surface area contributed by atoms with Gasteiger partial charge in [0, 0.05) is 52.4 Å². The molecule has 9 heteroatoms. The summed E-state index contributed by atoms with van der Waals surface area (Å²) >= 11 is 1.26. The minimum Gasteiger partial charge on any atom is -0.390 e. The van der Waals surface area contributed by atoms with E-state index in [0.29, 0.717) is 43.5 Å². The van der Waals surface area contributed by atoms with E-state index in [4.69, 9.17) is 4.74 Å². The predicted molar refractivity (Wildman–Crippen MR) is 92.8 cm³/mol. The smallest absolute Gasteiger partial charge is 0.252 e. The van der Waals surface area contributed by atoms with Gasteiger partial charge in [-0.15, -0.1) is 11.3 Å². The van der Waals surface area contributed by atoms with Crippen LogP contribution in [-0.2, 0) is 14.8 Å². The zero-order chi connectivity index (χ0) is 17.0. The number of thiophene rings is 1. The summed E-state index contributed by atoms with van der Waals surface area (Å²) in [6.07, 6.45) is -0.413. The lowest BCUT2D eigenvalue weighted by molar-refractivity contribution is 0.00469. The highest BCUT2D eigenvalue weighted by Gasteiger charge is 2.29. The Morgan fingerprint density at radius 1 is 1.08 bits per heavy atom. The van der Waals surface area contributed by atoms with Crippen molar-refractivity contribution in [1.29, 1.82) is 0 Å². The van der Waals surface area contributed by atoms with Crippen molar-refractivity contribution in [2.45, 2.75) is 10.3 Å². The van der Waals surface area contributed by atoms with Gasteiger partial charge in [0.2, 0.25) is 0 Å². The minimum atomic E-state index is -3.35. The molecule has 2 aliphatic heterocycles. The fraction of sp³-hybridized carbons (Fsp3) is 0.733. The average molecular weight is 376 g/mol. The molecule has 1 N–H and O–H groups in total. The van der Waals surface area contributed by atoms with Gasteiger partial charge in [0.1, 0.15) is 4.21 Å². The molecule has 2 fully saturated rings. The first-order chi connectivity index (χ1) is 11.6. The molecule has 0 aliphatic carbocycles.